The second-order valence-corrected chi connectivity index (χ2v) is 4.62. The van der Waals surface area contributed by atoms with Crippen molar-refractivity contribution < 1.29 is 27.5 Å². The van der Waals surface area contributed by atoms with Crippen molar-refractivity contribution >= 4 is 17.3 Å². The molecule has 0 saturated heterocycles. The van der Waals surface area contributed by atoms with Crippen LogP contribution in [-0.2, 0) is 6.18 Å². The molecule has 0 unspecified atom stereocenters. The van der Waals surface area contributed by atoms with Crippen molar-refractivity contribution in [3.05, 3.63) is 58.9 Å². The molecule has 0 aromatic heterocycles. The quantitative estimate of drug-likeness (QED) is 0.815. The van der Waals surface area contributed by atoms with Crippen molar-refractivity contribution in [2.75, 3.05) is 5.32 Å². The van der Waals surface area contributed by atoms with Crippen molar-refractivity contribution in [2.45, 2.75) is 13.1 Å². The number of aromatic carboxylic acids is 1. The normalized spacial score (nSPS) is 11.3. The van der Waals surface area contributed by atoms with Gasteiger partial charge < -0.3 is 10.4 Å². The first-order valence-corrected chi connectivity index (χ1v) is 6.17. The van der Waals surface area contributed by atoms with Gasteiger partial charge in [0.2, 0.25) is 0 Å². The number of nitrogens with one attached hydrogen (secondary N) is 1. The molecule has 0 saturated carbocycles. The molecule has 2 aromatic rings. The van der Waals surface area contributed by atoms with Crippen LogP contribution >= 0.6 is 0 Å². The maximum absolute atomic E-state index is 13.7. The Hall–Kier alpha value is -2.57. The van der Waals surface area contributed by atoms with Crippen LogP contribution in [0.15, 0.2) is 36.4 Å². The highest BCUT2D eigenvalue weighted by atomic mass is 19.4. The second kappa shape index (κ2) is 5.67. The number of carbonyl (C=O) groups is 1. The van der Waals surface area contributed by atoms with E-state index in [1.165, 1.54) is 12.1 Å². The smallest absolute Gasteiger partial charge is 0.416 e. The van der Waals surface area contributed by atoms with E-state index in [0.29, 0.717) is 11.6 Å². The Bertz CT molecular complexity index is 706. The zero-order valence-corrected chi connectivity index (χ0v) is 11.3. The highest BCUT2D eigenvalue weighted by Crippen LogP contribution is 2.33. The third-order valence-corrected chi connectivity index (χ3v) is 3.06. The van der Waals surface area contributed by atoms with Gasteiger partial charge in [-0.2, -0.15) is 13.2 Å². The minimum atomic E-state index is -4.66. The van der Waals surface area contributed by atoms with E-state index in [9.17, 15) is 22.4 Å². The van der Waals surface area contributed by atoms with Gasteiger partial charge in [-0.15, -0.1) is 0 Å². The zero-order valence-electron chi connectivity index (χ0n) is 11.3. The molecule has 0 spiro atoms. The molecule has 22 heavy (non-hydrogen) atoms. The van der Waals surface area contributed by atoms with Crippen LogP contribution in [0.25, 0.3) is 0 Å². The largest absolute Gasteiger partial charge is 0.478 e. The summed E-state index contributed by atoms with van der Waals surface area (Å²) in [6, 6.07) is 6.46. The molecule has 2 N–H and O–H groups in total. The van der Waals surface area contributed by atoms with Crippen LogP contribution in [0, 0.1) is 12.7 Å². The van der Waals surface area contributed by atoms with Gasteiger partial charge in [-0.25, -0.2) is 9.18 Å². The first-order valence-electron chi connectivity index (χ1n) is 6.17. The number of alkyl halides is 3. The Morgan fingerprint density at radius 3 is 2.41 bits per heavy atom. The molecule has 0 fully saturated rings. The lowest BCUT2D eigenvalue weighted by Crippen LogP contribution is -2.10. The lowest BCUT2D eigenvalue weighted by Gasteiger charge is -2.15. The van der Waals surface area contributed by atoms with Gasteiger partial charge in [0, 0.05) is 0 Å². The molecule has 3 nitrogen and oxygen atoms in total. The van der Waals surface area contributed by atoms with Gasteiger partial charge in [0.1, 0.15) is 5.82 Å². The summed E-state index contributed by atoms with van der Waals surface area (Å²) in [7, 11) is 0. The van der Waals surface area contributed by atoms with Gasteiger partial charge in [0.25, 0.3) is 0 Å². The summed E-state index contributed by atoms with van der Waals surface area (Å²) >= 11 is 0. The molecule has 2 aromatic carbocycles. The Balaban J connectivity index is 2.50. The van der Waals surface area contributed by atoms with Crippen LogP contribution in [0.2, 0.25) is 0 Å². The summed E-state index contributed by atoms with van der Waals surface area (Å²) in [4.78, 5) is 11.2. The third kappa shape index (κ3) is 3.19. The van der Waals surface area contributed by atoms with Gasteiger partial charge in [-0.1, -0.05) is 12.1 Å². The Labute approximate surface area is 123 Å². The van der Waals surface area contributed by atoms with Crippen LogP contribution in [-0.4, -0.2) is 11.1 Å². The first-order chi connectivity index (χ1) is 10.2. The maximum Gasteiger partial charge on any atom is 0.416 e. The molecule has 0 bridgehead atoms. The van der Waals surface area contributed by atoms with Crippen molar-refractivity contribution in [1.82, 2.24) is 0 Å². The van der Waals surface area contributed by atoms with E-state index < -0.39 is 29.1 Å². The predicted molar refractivity (Wildman–Crippen MR) is 72.8 cm³/mol. The molecule has 0 radical (unpaired) electrons. The highest BCUT2D eigenvalue weighted by molar-refractivity contribution is 5.95. The number of halogens is 4. The summed E-state index contributed by atoms with van der Waals surface area (Å²) < 4.78 is 51.7. The van der Waals surface area contributed by atoms with E-state index in [1.54, 1.807) is 13.0 Å². The Morgan fingerprint density at radius 2 is 1.86 bits per heavy atom. The molecule has 116 valence electrons. The van der Waals surface area contributed by atoms with E-state index >= 15 is 0 Å². The number of carboxylic acids is 1. The average Bonchev–Trinajstić information content (AvgIpc) is 2.42. The molecule has 0 aliphatic carbocycles. The van der Waals surface area contributed by atoms with Gasteiger partial charge >= 0.3 is 12.1 Å². The summed E-state index contributed by atoms with van der Waals surface area (Å²) in [5.41, 5.74) is -1.27. The number of anilines is 2. The topological polar surface area (TPSA) is 49.3 Å². The fourth-order valence-corrected chi connectivity index (χ4v) is 1.93. The molecular formula is C15H11F4NO2. The van der Waals surface area contributed by atoms with Gasteiger partial charge in [-0.3, -0.25) is 0 Å². The summed E-state index contributed by atoms with van der Waals surface area (Å²) in [6.45, 7) is 1.59. The van der Waals surface area contributed by atoms with Crippen LogP contribution in [0.1, 0.15) is 21.5 Å². The third-order valence-electron chi connectivity index (χ3n) is 3.06. The zero-order chi connectivity index (χ0) is 16.5. The number of hydrogen-bond acceptors (Lipinski definition) is 2. The van der Waals surface area contributed by atoms with E-state index in [1.807, 2.05) is 0 Å². The summed E-state index contributed by atoms with van der Waals surface area (Å²) in [6.07, 6.45) is -4.66. The van der Waals surface area contributed by atoms with Crippen molar-refractivity contribution in [2.24, 2.45) is 0 Å². The number of aryl methyl sites for hydroxylation is 1. The number of hydrogen-bond donors (Lipinski definition) is 2. The predicted octanol–water partition coefficient (Wildman–Crippen LogP) is 4.59. The molecule has 2 rings (SSSR count). The number of para-hydroxylation sites is 1. The molecule has 0 amide bonds. The summed E-state index contributed by atoms with van der Waals surface area (Å²) in [5.74, 6) is -2.17. The molecule has 0 heterocycles. The van der Waals surface area contributed by atoms with Gasteiger partial charge in [-0.05, 0) is 36.8 Å². The fraction of sp³-hybridized carbons (Fsp3) is 0.133. The molecule has 7 heteroatoms. The minimum absolute atomic E-state index is 0.0183. The molecule has 0 aliphatic rings. The average molecular weight is 313 g/mol. The Kier molecular flexibility index (Phi) is 4.07. The number of carboxylic acid groups (broad SMARTS) is 1. The lowest BCUT2D eigenvalue weighted by molar-refractivity contribution is -0.137. The number of rotatable bonds is 3. The maximum atomic E-state index is 13.7. The Morgan fingerprint density at radius 1 is 1.18 bits per heavy atom. The molecule has 0 aliphatic heterocycles. The monoisotopic (exact) mass is 313 g/mol. The second-order valence-electron chi connectivity index (χ2n) is 4.62. The van der Waals surface area contributed by atoms with Crippen LogP contribution in [0.5, 0.6) is 0 Å². The number of benzene rings is 2. The lowest BCUT2D eigenvalue weighted by atomic mass is 10.1. The van der Waals surface area contributed by atoms with E-state index in [-0.39, 0.29) is 11.4 Å². The van der Waals surface area contributed by atoms with Crippen molar-refractivity contribution in [1.29, 1.82) is 0 Å². The van der Waals surface area contributed by atoms with E-state index in [0.717, 1.165) is 12.1 Å². The standard InChI is InChI=1S/C15H11F4NO2/c1-8-3-2-4-11(16)13(8)20-12-6-5-9(15(17,18)19)7-10(12)14(21)22/h2-7,20H,1H3,(H,21,22). The highest BCUT2D eigenvalue weighted by Gasteiger charge is 2.32. The van der Waals surface area contributed by atoms with Crippen molar-refractivity contribution in [3.8, 4) is 0 Å². The van der Waals surface area contributed by atoms with Crippen LogP contribution < -0.4 is 5.32 Å². The SMILES string of the molecule is Cc1cccc(F)c1Nc1ccc(C(F)(F)F)cc1C(=O)O. The van der Waals surface area contributed by atoms with E-state index in [4.69, 9.17) is 5.11 Å². The molecular weight excluding hydrogens is 302 g/mol. The summed E-state index contributed by atoms with van der Waals surface area (Å²) in [5, 5.41) is 11.6. The molecule has 0 atom stereocenters. The van der Waals surface area contributed by atoms with Crippen LogP contribution in [0.3, 0.4) is 0 Å². The van der Waals surface area contributed by atoms with Crippen LogP contribution in [0.4, 0.5) is 28.9 Å². The minimum Gasteiger partial charge on any atom is -0.478 e. The first kappa shape index (κ1) is 15.8. The fourth-order valence-electron chi connectivity index (χ4n) is 1.93. The van der Waals surface area contributed by atoms with Gasteiger partial charge in [0.05, 0.1) is 22.5 Å². The van der Waals surface area contributed by atoms with Gasteiger partial charge in [0.15, 0.2) is 0 Å². The van der Waals surface area contributed by atoms with Crippen molar-refractivity contribution in [3.63, 3.8) is 0 Å². The van der Waals surface area contributed by atoms with E-state index in [2.05, 4.69) is 5.32 Å².